The molecule has 0 saturated heterocycles. The third-order valence-electron chi connectivity index (χ3n) is 4.43. The van der Waals surface area contributed by atoms with Crippen LogP contribution in [0.4, 0.5) is 4.39 Å². The number of benzene rings is 2. The minimum atomic E-state index is -0.188. The minimum absolute atomic E-state index is 0.140. The molecular formula is C19H19ClFNO2S. The van der Waals surface area contributed by atoms with Gasteiger partial charge in [-0.25, -0.2) is 4.39 Å². The number of hydrogen-bond donors (Lipinski definition) is 1. The molecule has 132 valence electrons. The third-order valence-corrected chi connectivity index (χ3v) is 5.83. The second-order valence-electron chi connectivity index (χ2n) is 6.21. The Labute approximate surface area is 155 Å². The summed E-state index contributed by atoms with van der Waals surface area (Å²) >= 11 is 8.14. The quantitative estimate of drug-likeness (QED) is 0.815. The summed E-state index contributed by atoms with van der Waals surface area (Å²) in [6.45, 7) is 1.89. The molecule has 0 radical (unpaired) electrons. The molecule has 0 saturated carbocycles. The Morgan fingerprint density at radius 3 is 3.00 bits per heavy atom. The van der Waals surface area contributed by atoms with Crippen LogP contribution in [0.1, 0.15) is 30.0 Å². The van der Waals surface area contributed by atoms with Gasteiger partial charge in [-0.3, -0.25) is 0 Å². The summed E-state index contributed by atoms with van der Waals surface area (Å²) in [6, 6.07) is 9.06. The van der Waals surface area contributed by atoms with Gasteiger partial charge in [0.15, 0.2) is 11.5 Å². The van der Waals surface area contributed by atoms with Gasteiger partial charge in [0.1, 0.15) is 5.82 Å². The van der Waals surface area contributed by atoms with Gasteiger partial charge in [0.05, 0.1) is 18.2 Å². The Kier molecular flexibility index (Phi) is 5.06. The third kappa shape index (κ3) is 3.73. The molecule has 0 bridgehead atoms. The normalized spacial score (nSPS) is 19.2. The summed E-state index contributed by atoms with van der Waals surface area (Å²) in [6.07, 6.45) is 1.82. The molecule has 0 amide bonds. The van der Waals surface area contributed by atoms with E-state index >= 15 is 0 Å². The van der Waals surface area contributed by atoms with Gasteiger partial charge < -0.3 is 14.8 Å². The lowest BCUT2D eigenvalue weighted by atomic mass is 10.0. The van der Waals surface area contributed by atoms with Crippen LogP contribution in [0.15, 0.2) is 35.2 Å². The van der Waals surface area contributed by atoms with E-state index in [0.29, 0.717) is 36.3 Å². The van der Waals surface area contributed by atoms with Gasteiger partial charge in [-0.2, -0.15) is 0 Å². The van der Waals surface area contributed by atoms with Crippen molar-refractivity contribution in [2.75, 3.05) is 19.0 Å². The van der Waals surface area contributed by atoms with Gasteiger partial charge in [0.25, 0.3) is 0 Å². The van der Waals surface area contributed by atoms with Crippen molar-refractivity contribution in [3.63, 3.8) is 0 Å². The van der Waals surface area contributed by atoms with E-state index in [2.05, 4.69) is 5.32 Å². The minimum Gasteiger partial charge on any atom is -0.489 e. The number of nitrogens with one attached hydrogen (secondary N) is 1. The summed E-state index contributed by atoms with van der Waals surface area (Å²) in [5, 5.41) is 4.11. The zero-order valence-electron chi connectivity index (χ0n) is 13.7. The van der Waals surface area contributed by atoms with Crippen molar-refractivity contribution >= 4 is 23.4 Å². The van der Waals surface area contributed by atoms with Crippen molar-refractivity contribution in [1.82, 2.24) is 5.32 Å². The lowest BCUT2D eigenvalue weighted by Gasteiger charge is -2.26. The first kappa shape index (κ1) is 17.0. The average Bonchev–Trinajstić information content (AvgIpc) is 2.86. The first-order valence-corrected chi connectivity index (χ1v) is 9.81. The molecule has 4 rings (SSSR count). The molecule has 0 fully saturated rings. The number of ether oxygens (including phenoxy) is 2. The molecule has 1 unspecified atom stereocenters. The lowest BCUT2D eigenvalue weighted by Crippen LogP contribution is -2.24. The number of rotatable bonds is 3. The van der Waals surface area contributed by atoms with E-state index < -0.39 is 0 Å². The fraction of sp³-hybridized carbons (Fsp3) is 0.368. The standard InChI is InChI=1S/C19H19ClFNO2S/c20-15-8-12(9-17-19(15)24-6-1-5-23-17)11-22-16-4-7-25-18-3-2-13(21)10-14(16)18/h2-3,8-10,16,22H,1,4-7,11H2. The molecule has 2 aromatic carbocycles. The summed E-state index contributed by atoms with van der Waals surface area (Å²) < 4.78 is 25.0. The molecular weight excluding hydrogens is 361 g/mol. The fourth-order valence-corrected chi connectivity index (χ4v) is 4.60. The second-order valence-corrected chi connectivity index (χ2v) is 7.75. The second kappa shape index (κ2) is 7.44. The zero-order chi connectivity index (χ0) is 17.2. The summed E-state index contributed by atoms with van der Waals surface area (Å²) in [5.41, 5.74) is 2.07. The molecule has 0 spiro atoms. The van der Waals surface area contributed by atoms with Crippen molar-refractivity contribution in [3.05, 3.63) is 52.3 Å². The van der Waals surface area contributed by atoms with Crippen LogP contribution in [0.2, 0.25) is 5.02 Å². The fourth-order valence-electron chi connectivity index (χ4n) is 3.20. The highest BCUT2D eigenvalue weighted by atomic mass is 35.5. The molecule has 3 nitrogen and oxygen atoms in total. The maximum Gasteiger partial charge on any atom is 0.179 e. The predicted octanol–water partition coefficient (Wildman–Crippen LogP) is 4.97. The van der Waals surface area contributed by atoms with Gasteiger partial charge in [0, 0.05) is 23.9 Å². The van der Waals surface area contributed by atoms with Gasteiger partial charge in [-0.05, 0) is 53.6 Å². The number of thioether (sulfide) groups is 1. The monoisotopic (exact) mass is 379 g/mol. The summed E-state index contributed by atoms with van der Waals surface area (Å²) in [7, 11) is 0. The molecule has 2 heterocycles. The van der Waals surface area contributed by atoms with E-state index in [-0.39, 0.29) is 11.9 Å². The molecule has 0 aromatic heterocycles. The van der Waals surface area contributed by atoms with Crippen LogP contribution >= 0.6 is 23.4 Å². The topological polar surface area (TPSA) is 30.5 Å². The van der Waals surface area contributed by atoms with E-state index in [9.17, 15) is 4.39 Å². The maximum atomic E-state index is 13.6. The highest BCUT2D eigenvalue weighted by Gasteiger charge is 2.22. The highest BCUT2D eigenvalue weighted by Crippen LogP contribution is 2.39. The summed E-state index contributed by atoms with van der Waals surface area (Å²) in [5.74, 6) is 2.17. The van der Waals surface area contributed by atoms with E-state index in [1.807, 2.05) is 18.2 Å². The van der Waals surface area contributed by atoms with Crippen LogP contribution in [-0.2, 0) is 6.54 Å². The van der Waals surface area contributed by atoms with Crippen LogP contribution in [0.5, 0.6) is 11.5 Å². The number of hydrogen-bond acceptors (Lipinski definition) is 4. The van der Waals surface area contributed by atoms with Crippen LogP contribution in [-0.4, -0.2) is 19.0 Å². The van der Waals surface area contributed by atoms with Crippen LogP contribution in [0.3, 0.4) is 0 Å². The van der Waals surface area contributed by atoms with Crippen LogP contribution < -0.4 is 14.8 Å². The smallest absolute Gasteiger partial charge is 0.179 e. The van der Waals surface area contributed by atoms with E-state index in [0.717, 1.165) is 34.6 Å². The number of halogens is 2. The van der Waals surface area contributed by atoms with Crippen molar-refractivity contribution in [1.29, 1.82) is 0 Å². The molecule has 0 aliphatic carbocycles. The molecule has 6 heteroatoms. The van der Waals surface area contributed by atoms with Gasteiger partial charge in [-0.1, -0.05) is 11.6 Å². The van der Waals surface area contributed by atoms with E-state index in [4.69, 9.17) is 21.1 Å². The van der Waals surface area contributed by atoms with Gasteiger partial charge >= 0.3 is 0 Å². The number of fused-ring (bicyclic) bond motifs is 2. The molecule has 1 atom stereocenters. The first-order chi connectivity index (χ1) is 12.2. The Morgan fingerprint density at radius 2 is 2.08 bits per heavy atom. The molecule has 2 aliphatic rings. The van der Waals surface area contributed by atoms with E-state index in [1.54, 1.807) is 17.8 Å². The highest BCUT2D eigenvalue weighted by molar-refractivity contribution is 7.99. The Hall–Kier alpha value is -1.43. The van der Waals surface area contributed by atoms with Crippen molar-refractivity contribution < 1.29 is 13.9 Å². The van der Waals surface area contributed by atoms with Crippen molar-refractivity contribution in [3.8, 4) is 11.5 Å². The van der Waals surface area contributed by atoms with Crippen LogP contribution in [0.25, 0.3) is 0 Å². The molecule has 2 aliphatic heterocycles. The van der Waals surface area contributed by atoms with Gasteiger partial charge in [0.2, 0.25) is 0 Å². The molecule has 2 aromatic rings. The van der Waals surface area contributed by atoms with Crippen molar-refractivity contribution in [2.24, 2.45) is 0 Å². The summed E-state index contributed by atoms with van der Waals surface area (Å²) in [4.78, 5) is 1.15. The van der Waals surface area contributed by atoms with Gasteiger partial charge in [-0.15, -0.1) is 11.8 Å². The maximum absolute atomic E-state index is 13.6. The Balaban J connectivity index is 1.52. The predicted molar refractivity (Wildman–Crippen MR) is 98.4 cm³/mol. The molecule has 1 N–H and O–H groups in total. The Morgan fingerprint density at radius 1 is 1.20 bits per heavy atom. The SMILES string of the molecule is Fc1ccc2c(c1)C(NCc1cc(Cl)c3c(c1)OCCCO3)CCS2. The van der Waals surface area contributed by atoms with E-state index in [1.165, 1.54) is 6.07 Å². The average molecular weight is 380 g/mol. The Bertz CT molecular complexity index is 786. The molecule has 25 heavy (non-hydrogen) atoms. The van der Waals surface area contributed by atoms with Crippen molar-refractivity contribution in [2.45, 2.75) is 30.3 Å². The lowest BCUT2D eigenvalue weighted by molar-refractivity contribution is 0.297. The largest absolute Gasteiger partial charge is 0.489 e. The zero-order valence-corrected chi connectivity index (χ0v) is 15.3. The first-order valence-electron chi connectivity index (χ1n) is 8.44. The van der Waals surface area contributed by atoms with Crippen LogP contribution in [0, 0.1) is 5.82 Å².